The lowest BCUT2D eigenvalue weighted by atomic mass is 10.0. The maximum absolute atomic E-state index is 10.3. The summed E-state index contributed by atoms with van der Waals surface area (Å²) in [5.74, 6) is 0.333. The Morgan fingerprint density at radius 3 is 1.68 bits per heavy atom. The molecule has 19 heavy (non-hydrogen) atoms. The van der Waals surface area contributed by atoms with Crippen molar-refractivity contribution in [1.82, 2.24) is 0 Å². The van der Waals surface area contributed by atoms with Crippen molar-refractivity contribution >= 4 is 6.29 Å². The Morgan fingerprint density at radius 1 is 0.947 bits per heavy atom. The zero-order chi connectivity index (χ0) is 14.9. The number of benzene rings is 1. The van der Waals surface area contributed by atoms with Crippen molar-refractivity contribution in [3.05, 3.63) is 35.9 Å². The summed E-state index contributed by atoms with van der Waals surface area (Å²) in [5.41, 5.74) is 1.41. The number of rotatable bonds is 6. The molecule has 1 aromatic rings. The second-order valence-electron chi connectivity index (χ2n) is 4.31. The highest BCUT2D eigenvalue weighted by Gasteiger charge is 2.02. The van der Waals surface area contributed by atoms with E-state index in [1.165, 1.54) is 5.56 Å². The standard InChI is InChI=1S/C8H16O.C8H10.C2H6/c1-3-5-8(7-9)6-4-2;1-2-8-6-4-3-5-7-8;1-2/h7-8H,3-6H2,1-2H3;3-7H,2H2,1H3;1-2H3. The van der Waals surface area contributed by atoms with Crippen LogP contribution in [0.25, 0.3) is 0 Å². The van der Waals surface area contributed by atoms with Crippen molar-refractivity contribution in [2.75, 3.05) is 0 Å². The van der Waals surface area contributed by atoms with E-state index >= 15 is 0 Å². The van der Waals surface area contributed by atoms with E-state index in [9.17, 15) is 4.79 Å². The zero-order valence-electron chi connectivity index (χ0n) is 13.5. The fourth-order valence-corrected chi connectivity index (χ4v) is 1.74. The van der Waals surface area contributed by atoms with Gasteiger partial charge in [0.25, 0.3) is 0 Å². The second-order valence-corrected chi connectivity index (χ2v) is 4.31. The van der Waals surface area contributed by atoms with Gasteiger partial charge in [0.2, 0.25) is 0 Å². The summed E-state index contributed by atoms with van der Waals surface area (Å²) >= 11 is 0. The van der Waals surface area contributed by atoms with Crippen molar-refractivity contribution in [2.24, 2.45) is 5.92 Å². The van der Waals surface area contributed by atoms with Gasteiger partial charge in [0.05, 0.1) is 0 Å². The molecule has 0 aliphatic heterocycles. The monoisotopic (exact) mass is 264 g/mol. The van der Waals surface area contributed by atoms with Crippen LogP contribution in [0.15, 0.2) is 30.3 Å². The Balaban J connectivity index is 0. The minimum atomic E-state index is 0.333. The van der Waals surface area contributed by atoms with Crippen molar-refractivity contribution in [3.8, 4) is 0 Å². The normalized spacial score (nSPS) is 8.95. The van der Waals surface area contributed by atoms with E-state index in [1.54, 1.807) is 0 Å². The SMILES string of the molecule is CC.CCCC(C=O)CCC.CCc1ccccc1. The van der Waals surface area contributed by atoms with Crippen LogP contribution >= 0.6 is 0 Å². The summed E-state index contributed by atoms with van der Waals surface area (Å²) < 4.78 is 0. The molecule has 0 fully saturated rings. The van der Waals surface area contributed by atoms with E-state index in [1.807, 2.05) is 19.9 Å². The molecule has 0 heterocycles. The predicted octanol–water partition coefficient (Wildman–Crippen LogP) is 5.68. The minimum absolute atomic E-state index is 0.333. The third kappa shape index (κ3) is 13.1. The van der Waals surface area contributed by atoms with Crippen molar-refractivity contribution in [3.63, 3.8) is 0 Å². The average Bonchev–Trinajstić information content (AvgIpc) is 2.50. The molecule has 0 saturated carbocycles. The van der Waals surface area contributed by atoms with Gasteiger partial charge in [-0.25, -0.2) is 0 Å². The number of aldehydes is 1. The van der Waals surface area contributed by atoms with Crippen LogP contribution in [0.1, 0.15) is 65.9 Å². The lowest BCUT2D eigenvalue weighted by molar-refractivity contribution is -0.111. The molecule has 0 bridgehead atoms. The number of hydrogen-bond donors (Lipinski definition) is 0. The Kier molecular flexibility index (Phi) is 18.0. The highest BCUT2D eigenvalue weighted by atomic mass is 16.1. The van der Waals surface area contributed by atoms with E-state index in [4.69, 9.17) is 0 Å². The summed E-state index contributed by atoms with van der Waals surface area (Å²) in [5, 5.41) is 0. The highest BCUT2D eigenvalue weighted by molar-refractivity contribution is 5.53. The summed E-state index contributed by atoms with van der Waals surface area (Å²) in [6.45, 7) is 10.4. The highest BCUT2D eigenvalue weighted by Crippen LogP contribution is 2.09. The molecule has 110 valence electrons. The van der Waals surface area contributed by atoms with Crippen LogP contribution in [0.3, 0.4) is 0 Å². The van der Waals surface area contributed by atoms with Gasteiger partial charge >= 0.3 is 0 Å². The molecule has 1 rings (SSSR count). The van der Waals surface area contributed by atoms with Crippen LogP contribution in [-0.2, 0) is 11.2 Å². The van der Waals surface area contributed by atoms with E-state index in [0.717, 1.165) is 38.4 Å². The summed E-state index contributed by atoms with van der Waals surface area (Å²) in [6.07, 6.45) is 6.62. The molecule has 0 aromatic heterocycles. The molecule has 1 nitrogen and oxygen atoms in total. The number of carbonyl (C=O) groups is 1. The minimum Gasteiger partial charge on any atom is -0.303 e. The quantitative estimate of drug-likeness (QED) is 0.604. The van der Waals surface area contributed by atoms with Gasteiger partial charge < -0.3 is 4.79 Å². The fraction of sp³-hybridized carbons (Fsp3) is 0.611. The van der Waals surface area contributed by atoms with Gasteiger partial charge in [0.1, 0.15) is 6.29 Å². The fourth-order valence-electron chi connectivity index (χ4n) is 1.74. The van der Waals surface area contributed by atoms with Gasteiger partial charge in [-0.05, 0) is 24.8 Å². The van der Waals surface area contributed by atoms with Gasteiger partial charge in [-0.15, -0.1) is 0 Å². The van der Waals surface area contributed by atoms with Crippen molar-refractivity contribution in [1.29, 1.82) is 0 Å². The Hall–Kier alpha value is -1.11. The molecule has 0 spiro atoms. The molecule has 1 aromatic carbocycles. The number of hydrogen-bond acceptors (Lipinski definition) is 1. The summed E-state index contributed by atoms with van der Waals surface area (Å²) in [7, 11) is 0. The molecule has 0 aliphatic rings. The summed E-state index contributed by atoms with van der Waals surface area (Å²) in [6, 6.07) is 10.5. The smallest absolute Gasteiger partial charge is 0.123 e. The molecule has 0 aliphatic carbocycles. The molecule has 0 amide bonds. The third-order valence-electron chi connectivity index (χ3n) is 2.76. The van der Waals surface area contributed by atoms with Crippen LogP contribution in [0.4, 0.5) is 0 Å². The van der Waals surface area contributed by atoms with Gasteiger partial charge in [-0.3, -0.25) is 0 Å². The van der Waals surface area contributed by atoms with Crippen LogP contribution in [0.2, 0.25) is 0 Å². The average molecular weight is 264 g/mol. The van der Waals surface area contributed by atoms with Gasteiger partial charge in [-0.2, -0.15) is 0 Å². The van der Waals surface area contributed by atoms with Gasteiger partial charge in [0, 0.05) is 5.92 Å². The molecule has 0 atom stereocenters. The lowest BCUT2D eigenvalue weighted by Crippen LogP contribution is -1.99. The van der Waals surface area contributed by atoms with Crippen molar-refractivity contribution < 1.29 is 4.79 Å². The Morgan fingerprint density at radius 2 is 1.42 bits per heavy atom. The van der Waals surface area contributed by atoms with E-state index in [-0.39, 0.29) is 0 Å². The van der Waals surface area contributed by atoms with E-state index < -0.39 is 0 Å². The Labute approximate surface area is 120 Å². The first kappa shape index (κ1) is 20.2. The maximum atomic E-state index is 10.3. The van der Waals surface area contributed by atoms with Gasteiger partial charge in [0.15, 0.2) is 0 Å². The molecular weight excluding hydrogens is 232 g/mol. The summed E-state index contributed by atoms with van der Waals surface area (Å²) in [4.78, 5) is 10.3. The lowest BCUT2D eigenvalue weighted by Gasteiger charge is -2.04. The molecule has 0 saturated heterocycles. The number of aryl methyl sites for hydroxylation is 1. The van der Waals surface area contributed by atoms with Crippen LogP contribution in [0, 0.1) is 5.92 Å². The first-order valence-electron chi connectivity index (χ1n) is 7.77. The zero-order valence-corrected chi connectivity index (χ0v) is 13.5. The van der Waals surface area contributed by atoms with Crippen LogP contribution in [-0.4, -0.2) is 6.29 Å². The molecule has 0 radical (unpaired) electrons. The van der Waals surface area contributed by atoms with Crippen LogP contribution < -0.4 is 0 Å². The number of carbonyl (C=O) groups excluding carboxylic acids is 1. The second kappa shape index (κ2) is 16.9. The molecular formula is C18H32O. The first-order valence-corrected chi connectivity index (χ1v) is 7.77. The molecule has 1 heteroatoms. The van der Waals surface area contributed by atoms with Gasteiger partial charge in [-0.1, -0.05) is 77.8 Å². The third-order valence-corrected chi connectivity index (χ3v) is 2.76. The van der Waals surface area contributed by atoms with E-state index in [2.05, 4.69) is 45.0 Å². The van der Waals surface area contributed by atoms with Crippen molar-refractivity contribution in [2.45, 2.75) is 66.7 Å². The molecule has 0 unspecified atom stereocenters. The Bertz CT molecular complexity index is 260. The topological polar surface area (TPSA) is 17.1 Å². The predicted molar refractivity (Wildman–Crippen MR) is 86.5 cm³/mol. The largest absolute Gasteiger partial charge is 0.303 e. The first-order chi connectivity index (χ1) is 9.28. The van der Waals surface area contributed by atoms with E-state index in [0.29, 0.717) is 5.92 Å². The van der Waals surface area contributed by atoms with Crippen LogP contribution in [0.5, 0.6) is 0 Å². The molecule has 0 N–H and O–H groups in total. The maximum Gasteiger partial charge on any atom is 0.123 e.